The van der Waals surface area contributed by atoms with Crippen LogP contribution in [0.2, 0.25) is 0 Å². The van der Waals surface area contributed by atoms with Crippen molar-refractivity contribution in [3.05, 3.63) is 0 Å². The first-order valence-corrected chi connectivity index (χ1v) is 6.79. The van der Waals surface area contributed by atoms with E-state index in [-0.39, 0.29) is 17.6 Å². The van der Waals surface area contributed by atoms with E-state index in [1.54, 1.807) is 0 Å². The molecule has 2 saturated heterocycles. The van der Waals surface area contributed by atoms with E-state index < -0.39 is 0 Å². The summed E-state index contributed by atoms with van der Waals surface area (Å²) in [5.41, 5.74) is -0.00494. The molecule has 0 spiro atoms. The highest BCUT2D eigenvalue weighted by atomic mass is 16.5. The van der Waals surface area contributed by atoms with Crippen LogP contribution < -0.4 is 5.32 Å². The van der Waals surface area contributed by atoms with E-state index in [4.69, 9.17) is 4.74 Å². The molecule has 0 saturated carbocycles. The van der Waals surface area contributed by atoms with Gasteiger partial charge in [-0.1, -0.05) is 13.8 Å². The van der Waals surface area contributed by atoms with Gasteiger partial charge in [0.05, 0.1) is 18.3 Å². The summed E-state index contributed by atoms with van der Waals surface area (Å²) in [5.74, 6) is 0.248. The molecule has 0 aromatic rings. The van der Waals surface area contributed by atoms with Gasteiger partial charge in [-0.05, 0) is 32.6 Å². The van der Waals surface area contributed by atoms with Gasteiger partial charge in [-0.3, -0.25) is 10.1 Å². The second-order valence-electron chi connectivity index (χ2n) is 5.28. The molecule has 98 valence electrons. The third-order valence-corrected chi connectivity index (χ3v) is 4.42. The number of hydrogen-bond donors (Lipinski definition) is 1. The van der Waals surface area contributed by atoms with Gasteiger partial charge in [0, 0.05) is 12.6 Å². The molecule has 1 amide bonds. The van der Waals surface area contributed by atoms with E-state index in [1.165, 1.54) is 0 Å². The Kier molecular flexibility index (Phi) is 3.73. The van der Waals surface area contributed by atoms with Crippen LogP contribution in [0.25, 0.3) is 0 Å². The molecule has 2 atom stereocenters. The van der Waals surface area contributed by atoms with E-state index in [2.05, 4.69) is 19.2 Å². The fraction of sp³-hybridized carbons (Fsp3) is 0.923. The van der Waals surface area contributed by atoms with Gasteiger partial charge in [0.25, 0.3) is 0 Å². The summed E-state index contributed by atoms with van der Waals surface area (Å²) in [6, 6.07) is 0.337. The van der Waals surface area contributed by atoms with Gasteiger partial charge >= 0.3 is 0 Å². The van der Waals surface area contributed by atoms with Crippen LogP contribution in [0.1, 0.15) is 46.5 Å². The van der Waals surface area contributed by atoms with Crippen molar-refractivity contribution in [2.24, 2.45) is 0 Å². The summed E-state index contributed by atoms with van der Waals surface area (Å²) < 4.78 is 5.96. The highest BCUT2D eigenvalue weighted by molar-refractivity contribution is 5.83. The van der Waals surface area contributed by atoms with Crippen molar-refractivity contribution < 1.29 is 9.53 Å². The van der Waals surface area contributed by atoms with Crippen LogP contribution in [0.3, 0.4) is 0 Å². The summed E-state index contributed by atoms with van der Waals surface area (Å²) in [7, 11) is 0. The van der Waals surface area contributed by atoms with Crippen molar-refractivity contribution >= 4 is 5.91 Å². The summed E-state index contributed by atoms with van der Waals surface area (Å²) >= 11 is 0. The zero-order valence-corrected chi connectivity index (χ0v) is 11.2. The third kappa shape index (κ3) is 2.33. The molecule has 17 heavy (non-hydrogen) atoms. The van der Waals surface area contributed by atoms with Crippen molar-refractivity contribution in [3.63, 3.8) is 0 Å². The highest BCUT2D eigenvalue weighted by Crippen LogP contribution is 2.34. The smallest absolute Gasteiger partial charge is 0.240 e. The second kappa shape index (κ2) is 4.94. The van der Waals surface area contributed by atoms with Gasteiger partial charge in [0.1, 0.15) is 0 Å². The number of carbonyl (C=O) groups is 1. The summed E-state index contributed by atoms with van der Waals surface area (Å²) in [6.07, 6.45) is 4.03. The van der Waals surface area contributed by atoms with Crippen LogP contribution in [0.4, 0.5) is 0 Å². The lowest BCUT2D eigenvalue weighted by Crippen LogP contribution is -2.49. The van der Waals surface area contributed by atoms with Crippen LogP contribution in [0.15, 0.2) is 0 Å². The fourth-order valence-electron chi connectivity index (χ4n) is 2.97. The first kappa shape index (κ1) is 12.8. The van der Waals surface area contributed by atoms with Gasteiger partial charge < -0.3 is 9.64 Å². The number of hydrogen-bond acceptors (Lipinski definition) is 3. The Bertz CT molecular complexity index is 289. The zero-order chi connectivity index (χ0) is 12.5. The molecule has 2 aliphatic heterocycles. The molecule has 0 aromatic heterocycles. The average molecular weight is 240 g/mol. The molecule has 4 heteroatoms. The lowest BCUT2D eigenvalue weighted by atomic mass is 9.85. The summed E-state index contributed by atoms with van der Waals surface area (Å²) in [5, 5.41) is 3.22. The number of carbonyl (C=O) groups excluding carboxylic acids is 1. The summed E-state index contributed by atoms with van der Waals surface area (Å²) in [6.45, 7) is 7.78. The maximum atomic E-state index is 12.0. The molecule has 2 heterocycles. The van der Waals surface area contributed by atoms with Crippen molar-refractivity contribution in [2.75, 3.05) is 13.3 Å². The minimum Gasteiger partial charge on any atom is -0.375 e. The van der Waals surface area contributed by atoms with Crippen molar-refractivity contribution in [2.45, 2.75) is 64.1 Å². The van der Waals surface area contributed by atoms with Gasteiger partial charge in [0.2, 0.25) is 5.91 Å². The second-order valence-corrected chi connectivity index (χ2v) is 5.28. The van der Waals surface area contributed by atoms with Crippen LogP contribution in [0, 0.1) is 0 Å². The van der Waals surface area contributed by atoms with Crippen LogP contribution in [-0.2, 0) is 9.53 Å². The molecule has 0 aliphatic carbocycles. The van der Waals surface area contributed by atoms with Gasteiger partial charge in [0.15, 0.2) is 0 Å². The minimum atomic E-state index is -0.0181. The first-order chi connectivity index (χ1) is 8.12. The van der Waals surface area contributed by atoms with Crippen molar-refractivity contribution in [3.8, 4) is 0 Å². The Hall–Kier alpha value is -0.610. The van der Waals surface area contributed by atoms with Crippen LogP contribution in [0.5, 0.6) is 0 Å². The summed E-state index contributed by atoms with van der Waals surface area (Å²) in [4.78, 5) is 14.0. The molecule has 2 aliphatic rings. The fourth-order valence-corrected chi connectivity index (χ4v) is 2.97. The van der Waals surface area contributed by atoms with Gasteiger partial charge in [-0.25, -0.2) is 0 Å². The largest absolute Gasteiger partial charge is 0.375 e. The predicted molar refractivity (Wildman–Crippen MR) is 66.6 cm³/mol. The molecular formula is C13H24N2O2. The topological polar surface area (TPSA) is 41.6 Å². The normalized spacial score (nSPS) is 33.1. The molecule has 0 bridgehead atoms. The number of ether oxygens (including phenoxy) is 1. The maximum Gasteiger partial charge on any atom is 0.240 e. The van der Waals surface area contributed by atoms with Crippen LogP contribution >= 0.6 is 0 Å². The van der Waals surface area contributed by atoms with E-state index in [0.29, 0.717) is 12.7 Å². The highest BCUT2D eigenvalue weighted by Gasteiger charge is 2.40. The van der Waals surface area contributed by atoms with Crippen LogP contribution in [-0.4, -0.2) is 41.8 Å². The number of nitrogens with zero attached hydrogens (tertiary/aromatic N) is 1. The molecule has 0 aromatic carbocycles. The lowest BCUT2D eigenvalue weighted by molar-refractivity contribution is -0.140. The predicted octanol–water partition coefficient (Wildman–Crippen LogP) is 1.50. The third-order valence-electron chi connectivity index (χ3n) is 4.42. The Morgan fingerprint density at radius 1 is 1.47 bits per heavy atom. The van der Waals surface area contributed by atoms with E-state index in [1.807, 2.05) is 11.8 Å². The Morgan fingerprint density at radius 2 is 2.18 bits per heavy atom. The standard InChI is InChI=1S/C13H24N2O2/c1-4-13(5-2)8-11(6-7-17-13)15-9-14-10(3)12(15)16/h10-11,14H,4-9H2,1-3H3. The molecule has 2 fully saturated rings. The van der Waals surface area contributed by atoms with E-state index in [9.17, 15) is 4.79 Å². The minimum absolute atomic E-state index is 0.00494. The first-order valence-electron chi connectivity index (χ1n) is 6.79. The number of amides is 1. The number of nitrogens with one attached hydrogen (secondary N) is 1. The SMILES string of the molecule is CCC1(CC)CC(N2CNC(C)C2=O)CCO1. The average Bonchev–Trinajstić information content (AvgIpc) is 2.70. The Morgan fingerprint density at radius 3 is 2.71 bits per heavy atom. The molecule has 4 nitrogen and oxygen atoms in total. The molecule has 2 rings (SSSR count). The Balaban J connectivity index is 2.05. The zero-order valence-electron chi connectivity index (χ0n) is 11.2. The molecular weight excluding hydrogens is 216 g/mol. The van der Waals surface area contributed by atoms with Gasteiger partial charge in [-0.15, -0.1) is 0 Å². The number of rotatable bonds is 3. The Labute approximate surface area is 104 Å². The van der Waals surface area contributed by atoms with Crippen molar-refractivity contribution in [1.29, 1.82) is 0 Å². The molecule has 2 unspecified atom stereocenters. The monoisotopic (exact) mass is 240 g/mol. The van der Waals surface area contributed by atoms with Gasteiger partial charge in [-0.2, -0.15) is 0 Å². The lowest BCUT2D eigenvalue weighted by Gasteiger charge is -2.43. The maximum absolute atomic E-state index is 12.0. The quantitative estimate of drug-likeness (QED) is 0.813. The molecule has 1 N–H and O–H groups in total. The molecule has 0 radical (unpaired) electrons. The van der Waals surface area contributed by atoms with E-state index in [0.717, 1.165) is 32.3 Å². The van der Waals surface area contributed by atoms with Crippen molar-refractivity contribution in [1.82, 2.24) is 10.2 Å². The van der Waals surface area contributed by atoms with E-state index >= 15 is 0 Å².